The van der Waals surface area contributed by atoms with Gasteiger partial charge in [0, 0.05) is 32.0 Å². The summed E-state index contributed by atoms with van der Waals surface area (Å²) in [6.07, 6.45) is 3.22. The molecule has 5 nitrogen and oxygen atoms in total. The smallest absolute Gasteiger partial charge is 0.335 e. The van der Waals surface area contributed by atoms with Crippen LogP contribution in [0.2, 0.25) is 0 Å². The van der Waals surface area contributed by atoms with Crippen LogP contribution in [0, 0.1) is 0 Å². The predicted molar refractivity (Wildman–Crippen MR) is 107 cm³/mol. The predicted octanol–water partition coefficient (Wildman–Crippen LogP) is 4.09. The Balaban J connectivity index is 1.42. The van der Waals surface area contributed by atoms with Gasteiger partial charge in [-0.3, -0.25) is 4.79 Å². The number of rotatable bonds is 8. The molecule has 1 saturated heterocycles. The molecular formula is C23H27NO4. The number of hydrogen-bond donors (Lipinski definition) is 1. The van der Waals surface area contributed by atoms with Gasteiger partial charge in [0.25, 0.3) is 0 Å². The molecular weight excluding hydrogens is 354 g/mol. The molecule has 0 aromatic heterocycles. The number of carbonyl (C=O) groups is 2. The van der Waals surface area contributed by atoms with E-state index in [4.69, 9.17) is 9.84 Å². The van der Waals surface area contributed by atoms with Gasteiger partial charge in [0.1, 0.15) is 0 Å². The van der Waals surface area contributed by atoms with Gasteiger partial charge in [-0.25, -0.2) is 4.79 Å². The first-order chi connectivity index (χ1) is 13.6. The van der Waals surface area contributed by atoms with E-state index in [-0.39, 0.29) is 11.8 Å². The highest BCUT2D eigenvalue weighted by molar-refractivity contribution is 5.87. The van der Waals surface area contributed by atoms with E-state index in [0.29, 0.717) is 31.7 Å². The fourth-order valence-electron chi connectivity index (χ4n) is 3.62. The molecule has 0 bridgehead atoms. The molecule has 3 rings (SSSR count). The summed E-state index contributed by atoms with van der Waals surface area (Å²) in [4.78, 5) is 25.5. The molecule has 0 radical (unpaired) electrons. The lowest BCUT2D eigenvalue weighted by molar-refractivity contribution is -0.132. The molecule has 1 fully saturated rings. The summed E-state index contributed by atoms with van der Waals surface area (Å²) in [5, 5.41) is 9.02. The number of likely N-dealkylation sites (tertiary alicyclic amines) is 1. The molecule has 1 aliphatic rings. The first kappa shape index (κ1) is 20.1. The number of benzene rings is 2. The van der Waals surface area contributed by atoms with Crippen LogP contribution in [0.25, 0.3) is 0 Å². The second-order valence-corrected chi connectivity index (χ2v) is 7.25. The molecule has 0 unspecified atom stereocenters. The maximum Gasteiger partial charge on any atom is 0.335 e. The molecule has 5 heteroatoms. The third-order valence-electron chi connectivity index (χ3n) is 5.19. The van der Waals surface area contributed by atoms with Crippen LogP contribution >= 0.6 is 0 Å². The molecule has 1 heterocycles. The average molecular weight is 381 g/mol. The highest BCUT2D eigenvalue weighted by Crippen LogP contribution is 2.27. The van der Waals surface area contributed by atoms with Crippen molar-refractivity contribution in [1.82, 2.24) is 4.90 Å². The van der Waals surface area contributed by atoms with Crippen LogP contribution < -0.4 is 0 Å². The zero-order chi connectivity index (χ0) is 19.8. The van der Waals surface area contributed by atoms with Crippen LogP contribution in [0.1, 0.15) is 53.1 Å². The number of nitrogens with zero attached hydrogens (tertiary/aromatic N) is 1. The fourth-order valence-corrected chi connectivity index (χ4v) is 3.62. The molecule has 1 N–H and O–H groups in total. The summed E-state index contributed by atoms with van der Waals surface area (Å²) >= 11 is 0. The Bertz CT molecular complexity index is 773. The van der Waals surface area contributed by atoms with Gasteiger partial charge >= 0.3 is 5.97 Å². The Hall–Kier alpha value is -2.66. The largest absolute Gasteiger partial charge is 0.478 e. The van der Waals surface area contributed by atoms with Crippen molar-refractivity contribution < 1.29 is 19.4 Å². The van der Waals surface area contributed by atoms with Crippen molar-refractivity contribution in [3.63, 3.8) is 0 Å². The van der Waals surface area contributed by atoms with Crippen LogP contribution in [0.4, 0.5) is 0 Å². The van der Waals surface area contributed by atoms with Gasteiger partial charge in [0.05, 0.1) is 12.2 Å². The summed E-state index contributed by atoms with van der Waals surface area (Å²) in [6, 6.07) is 17.1. The summed E-state index contributed by atoms with van der Waals surface area (Å²) in [6.45, 7) is 2.66. The third-order valence-corrected chi connectivity index (χ3v) is 5.19. The highest BCUT2D eigenvalue weighted by atomic mass is 16.5. The van der Waals surface area contributed by atoms with E-state index in [1.165, 1.54) is 0 Å². The van der Waals surface area contributed by atoms with Crippen molar-refractivity contribution in [2.45, 2.75) is 38.2 Å². The minimum atomic E-state index is -0.915. The Morgan fingerprint density at radius 3 is 2.54 bits per heavy atom. The minimum Gasteiger partial charge on any atom is -0.478 e. The van der Waals surface area contributed by atoms with Gasteiger partial charge in [-0.05, 0) is 42.5 Å². The topological polar surface area (TPSA) is 66.8 Å². The molecule has 0 spiro atoms. The number of piperidine rings is 1. The van der Waals surface area contributed by atoms with E-state index in [9.17, 15) is 9.59 Å². The first-order valence-corrected chi connectivity index (χ1v) is 9.86. The maximum atomic E-state index is 12.5. The fraction of sp³-hybridized carbons (Fsp3) is 0.391. The Labute approximate surface area is 165 Å². The SMILES string of the molecule is O=C(O)c1ccc([C@@H]2CCCN(C(=O)CCCOCc3ccccc3)C2)cc1. The maximum absolute atomic E-state index is 12.5. The lowest BCUT2D eigenvalue weighted by Crippen LogP contribution is -2.39. The zero-order valence-corrected chi connectivity index (χ0v) is 16.0. The average Bonchev–Trinajstić information content (AvgIpc) is 2.74. The number of aromatic carboxylic acids is 1. The van der Waals surface area contributed by atoms with E-state index in [1.54, 1.807) is 12.1 Å². The Kier molecular flexibility index (Phi) is 7.20. The number of carboxylic acid groups (broad SMARTS) is 1. The molecule has 28 heavy (non-hydrogen) atoms. The van der Waals surface area contributed by atoms with Crippen molar-refractivity contribution in [3.8, 4) is 0 Å². The van der Waals surface area contributed by atoms with Crippen molar-refractivity contribution in [2.24, 2.45) is 0 Å². The summed E-state index contributed by atoms with van der Waals surface area (Å²) in [7, 11) is 0. The quantitative estimate of drug-likeness (QED) is 0.700. The minimum absolute atomic E-state index is 0.176. The van der Waals surface area contributed by atoms with Crippen molar-refractivity contribution in [3.05, 3.63) is 71.3 Å². The molecule has 2 aromatic rings. The zero-order valence-electron chi connectivity index (χ0n) is 16.0. The number of hydrogen-bond acceptors (Lipinski definition) is 3. The van der Waals surface area contributed by atoms with Crippen LogP contribution in [0.15, 0.2) is 54.6 Å². The monoisotopic (exact) mass is 381 g/mol. The highest BCUT2D eigenvalue weighted by Gasteiger charge is 2.24. The van der Waals surface area contributed by atoms with E-state index in [1.807, 2.05) is 47.4 Å². The van der Waals surface area contributed by atoms with E-state index < -0.39 is 5.97 Å². The van der Waals surface area contributed by atoms with Crippen LogP contribution in [-0.2, 0) is 16.1 Å². The van der Waals surface area contributed by atoms with Crippen molar-refractivity contribution in [2.75, 3.05) is 19.7 Å². The van der Waals surface area contributed by atoms with Gasteiger partial charge in [-0.1, -0.05) is 42.5 Å². The molecule has 1 atom stereocenters. The third kappa shape index (κ3) is 5.67. The van der Waals surface area contributed by atoms with Crippen LogP contribution in [0.5, 0.6) is 0 Å². The summed E-state index contributed by atoms with van der Waals surface area (Å²) in [5.41, 5.74) is 2.54. The summed E-state index contributed by atoms with van der Waals surface area (Å²) in [5.74, 6) is -0.466. The molecule has 1 amide bonds. The number of amides is 1. The van der Waals surface area contributed by atoms with E-state index in [2.05, 4.69) is 0 Å². The first-order valence-electron chi connectivity index (χ1n) is 9.86. The molecule has 1 aliphatic heterocycles. The van der Waals surface area contributed by atoms with Gasteiger partial charge in [0.2, 0.25) is 5.91 Å². The van der Waals surface area contributed by atoms with Crippen molar-refractivity contribution in [1.29, 1.82) is 0 Å². The molecule has 2 aromatic carbocycles. The second kappa shape index (κ2) is 10.0. The van der Waals surface area contributed by atoms with Gasteiger partial charge in [0.15, 0.2) is 0 Å². The van der Waals surface area contributed by atoms with E-state index in [0.717, 1.165) is 36.9 Å². The molecule has 148 valence electrons. The number of carbonyl (C=O) groups excluding carboxylic acids is 1. The van der Waals surface area contributed by atoms with Gasteiger partial charge in [-0.2, -0.15) is 0 Å². The normalized spacial score (nSPS) is 16.7. The molecule has 0 saturated carbocycles. The van der Waals surface area contributed by atoms with Crippen LogP contribution in [0.3, 0.4) is 0 Å². The molecule has 0 aliphatic carbocycles. The Morgan fingerprint density at radius 1 is 1.07 bits per heavy atom. The number of carboxylic acids is 1. The Morgan fingerprint density at radius 2 is 1.82 bits per heavy atom. The standard InChI is InChI=1S/C23H27NO4/c25-22(9-5-15-28-17-18-6-2-1-3-7-18)24-14-4-8-21(16-24)19-10-12-20(13-11-19)23(26)27/h1-3,6-7,10-13,21H,4-5,8-9,14-17H2,(H,26,27)/t21-/m1/s1. The summed E-state index contributed by atoms with van der Waals surface area (Å²) < 4.78 is 5.66. The van der Waals surface area contributed by atoms with Gasteiger partial charge < -0.3 is 14.7 Å². The second-order valence-electron chi connectivity index (χ2n) is 7.25. The van der Waals surface area contributed by atoms with E-state index >= 15 is 0 Å². The number of ether oxygens (including phenoxy) is 1. The van der Waals surface area contributed by atoms with Gasteiger partial charge in [-0.15, -0.1) is 0 Å². The lowest BCUT2D eigenvalue weighted by Gasteiger charge is -2.33. The lowest BCUT2D eigenvalue weighted by atomic mass is 9.90. The van der Waals surface area contributed by atoms with Crippen molar-refractivity contribution >= 4 is 11.9 Å². The van der Waals surface area contributed by atoms with Crippen LogP contribution in [-0.4, -0.2) is 41.6 Å².